The number of hydrogen-bond donors (Lipinski definition) is 1. The average molecular weight is 376 g/mol. The lowest BCUT2D eigenvalue weighted by molar-refractivity contribution is 0.233. The van der Waals surface area contributed by atoms with Gasteiger partial charge in [-0.3, -0.25) is 0 Å². The van der Waals surface area contributed by atoms with Crippen LogP contribution in [0, 0.1) is 0 Å². The number of aryl methyl sites for hydroxylation is 1. The summed E-state index contributed by atoms with van der Waals surface area (Å²) in [4.78, 5) is 0. The van der Waals surface area contributed by atoms with Gasteiger partial charge < -0.3 is 14.4 Å². The molecule has 3 aromatic rings. The minimum absolute atomic E-state index is 0.132. The van der Waals surface area contributed by atoms with E-state index in [4.69, 9.17) is 33.0 Å². The van der Waals surface area contributed by atoms with Crippen molar-refractivity contribution in [3.8, 4) is 28.1 Å². The van der Waals surface area contributed by atoms with Gasteiger partial charge in [-0.05, 0) is 48.0 Å². The largest absolute Gasteiger partial charge is 0.494 e. The Bertz CT molecular complexity index is 857. The smallest absolute Gasteiger partial charge is 0.119 e. The standard InChI is InChI=1S/C20H19Cl2NO2/c1-23-10-9-18(17-8-5-15(21)13-19(17)22)20(23)14-3-6-16(7-4-14)25-12-2-11-24/h3-10,13,24H,2,11-12H2,1H3. The van der Waals surface area contributed by atoms with E-state index >= 15 is 0 Å². The molecule has 0 spiro atoms. The molecule has 0 aliphatic carbocycles. The summed E-state index contributed by atoms with van der Waals surface area (Å²) in [6.07, 6.45) is 2.64. The molecule has 0 amide bonds. The molecule has 1 aromatic heterocycles. The van der Waals surface area contributed by atoms with Crippen LogP contribution in [0.1, 0.15) is 6.42 Å². The summed E-state index contributed by atoms with van der Waals surface area (Å²) in [6.45, 7) is 0.637. The third-order valence-electron chi connectivity index (χ3n) is 3.99. The van der Waals surface area contributed by atoms with Crippen LogP contribution in [0.3, 0.4) is 0 Å². The van der Waals surface area contributed by atoms with Gasteiger partial charge in [0.15, 0.2) is 0 Å². The van der Waals surface area contributed by atoms with E-state index in [2.05, 4.69) is 10.6 Å². The molecular weight excluding hydrogens is 357 g/mol. The van der Waals surface area contributed by atoms with Crippen molar-refractivity contribution in [1.29, 1.82) is 0 Å². The molecule has 5 heteroatoms. The zero-order valence-electron chi connectivity index (χ0n) is 13.9. The van der Waals surface area contributed by atoms with Crippen LogP contribution < -0.4 is 4.74 Å². The van der Waals surface area contributed by atoms with Crippen LogP contribution in [-0.2, 0) is 7.05 Å². The number of nitrogens with zero attached hydrogens (tertiary/aromatic N) is 1. The Balaban J connectivity index is 1.94. The zero-order chi connectivity index (χ0) is 17.8. The lowest BCUT2D eigenvalue weighted by Gasteiger charge is -2.11. The molecule has 0 fully saturated rings. The number of rotatable bonds is 6. The van der Waals surface area contributed by atoms with Gasteiger partial charge in [-0.15, -0.1) is 0 Å². The highest BCUT2D eigenvalue weighted by molar-refractivity contribution is 6.36. The molecule has 1 heterocycles. The second-order valence-corrected chi connectivity index (χ2v) is 6.61. The quantitative estimate of drug-likeness (QED) is 0.583. The lowest BCUT2D eigenvalue weighted by Crippen LogP contribution is -1.99. The van der Waals surface area contributed by atoms with Crippen LogP contribution >= 0.6 is 23.2 Å². The van der Waals surface area contributed by atoms with Crippen LogP contribution in [-0.4, -0.2) is 22.9 Å². The molecule has 0 atom stereocenters. The molecular formula is C20H19Cl2NO2. The minimum atomic E-state index is 0.132. The van der Waals surface area contributed by atoms with Crippen molar-refractivity contribution >= 4 is 23.2 Å². The van der Waals surface area contributed by atoms with Gasteiger partial charge in [-0.1, -0.05) is 29.3 Å². The molecule has 0 radical (unpaired) electrons. The molecule has 1 N–H and O–H groups in total. The highest BCUT2D eigenvalue weighted by Gasteiger charge is 2.14. The van der Waals surface area contributed by atoms with E-state index in [1.54, 1.807) is 6.07 Å². The van der Waals surface area contributed by atoms with Crippen molar-refractivity contribution in [2.75, 3.05) is 13.2 Å². The Labute approximate surface area is 157 Å². The summed E-state index contributed by atoms with van der Waals surface area (Å²) < 4.78 is 7.66. The van der Waals surface area contributed by atoms with E-state index in [-0.39, 0.29) is 6.61 Å². The van der Waals surface area contributed by atoms with Crippen molar-refractivity contribution in [3.05, 3.63) is 64.8 Å². The van der Waals surface area contributed by atoms with Crippen molar-refractivity contribution in [2.24, 2.45) is 7.05 Å². The Morgan fingerprint density at radius 1 is 1.00 bits per heavy atom. The molecule has 0 aliphatic rings. The Morgan fingerprint density at radius 2 is 1.76 bits per heavy atom. The van der Waals surface area contributed by atoms with E-state index in [0.717, 1.165) is 28.1 Å². The Hall–Kier alpha value is -1.94. The molecule has 0 aliphatic heterocycles. The van der Waals surface area contributed by atoms with Crippen LogP contribution in [0.25, 0.3) is 22.4 Å². The van der Waals surface area contributed by atoms with Gasteiger partial charge in [0.2, 0.25) is 0 Å². The van der Waals surface area contributed by atoms with Crippen molar-refractivity contribution in [3.63, 3.8) is 0 Å². The number of aromatic nitrogens is 1. The predicted octanol–water partition coefficient (Wildman–Crippen LogP) is 5.43. The second kappa shape index (κ2) is 7.96. The third kappa shape index (κ3) is 4.01. The van der Waals surface area contributed by atoms with Gasteiger partial charge >= 0.3 is 0 Å². The summed E-state index contributed by atoms with van der Waals surface area (Å²) in [5.74, 6) is 0.789. The summed E-state index contributed by atoms with van der Waals surface area (Å²) in [5.41, 5.74) is 4.15. The van der Waals surface area contributed by atoms with Crippen LogP contribution in [0.5, 0.6) is 5.75 Å². The highest BCUT2D eigenvalue weighted by Crippen LogP contribution is 2.38. The summed E-state index contributed by atoms with van der Waals surface area (Å²) in [6, 6.07) is 15.5. The number of aliphatic hydroxyl groups excluding tert-OH is 1. The number of benzene rings is 2. The maximum Gasteiger partial charge on any atom is 0.119 e. The van der Waals surface area contributed by atoms with Gasteiger partial charge in [0.1, 0.15) is 5.75 Å². The number of halogens is 2. The second-order valence-electron chi connectivity index (χ2n) is 5.76. The highest BCUT2D eigenvalue weighted by atomic mass is 35.5. The van der Waals surface area contributed by atoms with E-state index in [1.165, 1.54) is 0 Å². The fourth-order valence-corrected chi connectivity index (χ4v) is 3.29. The number of aliphatic hydroxyl groups is 1. The first kappa shape index (κ1) is 17.9. The van der Waals surface area contributed by atoms with E-state index in [1.807, 2.05) is 49.6 Å². The predicted molar refractivity (Wildman–Crippen MR) is 104 cm³/mol. The minimum Gasteiger partial charge on any atom is -0.494 e. The first-order chi connectivity index (χ1) is 12.1. The van der Waals surface area contributed by atoms with Crippen molar-refractivity contribution in [2.45, 2.75) is 6.42 Å². The summed E-state index contributed by atoms with van der Waals surface area (Å²) in [5, 5.41) is 10.1. The maximum atomic E-state index is 8.82. The number of hydrogen-bond acceptors (Lipinski definition) is 2. The molecule has 0 saturated heterocycles. The van der Waals surface area contributed by atoms with E-state index in [9.17, 15) is 0 Å². The monoisotopic (exact) mass is 375 g/mol. The average Bonchev–Trinajstić information content (AvgIpc) is 2.97. The SMILES string of the molecule is Cn1ccc(-c2ccc(Cl)cc2Cl)c1-c1ccc(OCCCO)cc1. The molecule has 0 bridgehead atoms. The van der Waals surface area contributed by atoms with Crippen LogP contribution in [0.2, 0.25) is 10.0 Å². The molecule has 130 valence electrons. The topological polar surface area (TPSA) is 34.4 Å². The van der Waals surface area contributed by atoms with Crippen LogP contribution in [0.4, 0.5) is 0 Å². The zero-order valence-corrected chi connectivity index (χ0v) is 15.4. The third-order valence-corrected chi connectivity index (χ3v) is 4.54. The first-order valence-corrected chi connectivity index (χ1v) is 8.80. The fourth-order valence-electron chi connectivity index (χ4n) is 2.78. The van der Waals surface area contributed by atoms with Crippen molar-refractivity contribution < 1.29 is 9.84 Å². The molecule has 2 aromatic carbocycles. The van der Waals surface area contributed by atoms with Gasteiger partial charge in [-0.25, -0.2) is 0 Å². The molecule has 3 nitrogen and oxygen atoms in total. The molecule has 0 saturated carbocycles. The van der Waals surface area contributed by atoms with Crippen LogP contribution in [0.15, 0.2) is 54.7 Å². The van der Waals surface area contributed by atoms with Crippen molar-refractivity contribution in [1.82, 2.24) is 4.57 Å². The molecule has 25 heavy (non-hydrogen) atoms. The van der Waals surface area contributed by atoms with Gasteiger partial charge in [0, 0.05) is 47.4 Å². The maximum absolute atomic E-state index is 8.82. The first-order valence-electron chi connectivity index (χ1n) is 8.05. The van der Waals surface area contributed by atoms with E-state index < -0.39 is 0 Å². The molecule has 0 unspecified atom stereocenters. The number of ether oxygens (including phenoxy) is 1. The summed E-state index contributed by atoms with van der Waals surface area (Å²) in [7, 11) is 2.01. The fraction of sp³-hybridized carbons (Fsp3) is 0.200. The molecule has 3 rings (SSSR count). The Kier molecular flexibility index (Phi) is 5.69. The van der Waals surface area contributed by atoms with Gasteiger partial charge in [0.05, 0.1) is 12.3 Å². The normalized spacial score (nSPS) is 10.9. The van der Waals surface area contributed by atoms with E-state index in [0.29, 0.717) is 23.1 Å². The Morgan fingerprint density at radius 3 is 2.44 bits per heavy atom. The summed E-state index contributed by atoms with van der Waals surface area (Å²) >= 11 is 12.4. The lowest BCUT2D eigenvalue weighted by atomic mass is 10.0. The van der Waals surface area contributed by atoms with Gasteiger partial charge in [-0.2, -0.15) is 0 Å². The van der Waals surface area contributed by atoms with Gasteiger partial charge in [0.25, 0.3) is 0 Å².